The van der Waals surface area contributed by atoms with Gasteiger partial charge in [-0.15, -0.1) is 0 Å². The summed E-state index contributed by atoms with van der Waals surface area (Å²) < 4.78 is 13.3. The molecule has 1 N–H and O–H groups in total. The van der Waals surface area contributed by atoms with Gasteiger partial charge >= 0.3 is 0 Å². The van der Waals surface area contributed by atoms with Crippen LogP contribution in [0.3, 0.4) is 0 Å². The Morgan fingerprint density at radius 2 is 2.12 bits per heavy atom. The summed E-state index contributed by atoms with van der Waals surface area (Å²) in [6.45, 7) is 1.87. The average molecular weight is 252 g/mol. The van der Waals surface area contributed by atoms with Gasteiger partial charge in [-0.05, 0) is 18.6 Å². The zero-order chi connectivity index (χ0) is 12.4. The molecule has 1 aromatic carbocycles. The molecule has 2 rings (SSSR count). The van der Waals surface area contributed by atoms with E-state index in [1.54, 1.807) is 24.5 Å². The first-order valence-corrected chi connectivity index (χ1v) is 5.51. The zero-order valence-electron chi connectivity index (χ0n) is 9.19. The first-order chi connectivity index (χ1) is 8.09. The van der Waals surface area contributed by atoms with Crippen molar-refractivity contribution < 1.29 is 9.50 Å². The van der Waals surface area contributed by atoms with Crippen molar-refractivity contribution in [2.45, 2.75) is 13.0 Å². The minimum Gasteiger partial charge on any atom is -0.384 e. The molecule has 0 fully saturated rings. The molecule has 0 radical (unpaired) electrons. The molecule has 0 saturated carbocycles. The van der Waals surface area contributed by atoms with Gasteiger partial charge in [-0.3, -0.25) is 4.98 Å². The van der Waals surface area contributed by atoms with E-state index in [0.717, 1.165) is 5.56 Å². The Labute approximate surface area is 104 Å². The van der Waals surface area contributed by atoms with Crippen LogP contribution < -0.4 is 0 Å². The Balaban J connectivity index is 2.44. The number of aliphatic hydroxyl groups is 1. The van der Waals surface area contributed by atoms with Crippen molar-refractivity contribution >= 4 is 11.6 Å². The summed E-state index contributed by atoms with van der Waals surface area (Å²) in [6, 6.07) is 6.16. The smallest absolute Gasteiger partial charge is 0.142 e. The van der Waals surface area contributed by atoms with Gasteiger partial charge in [0.2, 0.25) is 0 Å². The maximum atomic E-state index is 13.3. The van der Waals surface area contributed by atoms with E-state index in [-0.39, 0.29) is 5.02 Å². The summed E-state index contributed by atoms with van der Waals surface area (Å²) in [5, 5.41) is 10.1. The van der Waals surface area contributed by atoms with Crippen LogP contribution in [0.15, 0.2) is 36.7 Å². The summed E-state index contributed by atoms with van der Waals surface area (Å²) in [4.78, 5) is 3.99. The van der Waals surface area contributed by atoms with Crippen molar-refractivity contribution in [3.8, 4) is 0 Å². The maximum Gasteiger partial charge on any atom is 0.142 e. The van der Waals surface area contributed by atoms with E-state index >= 15 is 0 Å². The molecule has 4 heteroatoms. The number of hydrogen-bond donors (Lipinski definition) is 1. The van der Waals surface area contributed by atoms with Crippen LogP contribution in [0.25, 0.3) is 0 Å². The van der Waals surface area contributed by atoms with Crippen molar-refractivity contribution in [1.82, 2.24) is 4.98 Å². The minimum absolute atomic E-state index is 0.0542. The van der Waals surface area contributed by atoms with Crippen molar-refractivity contribution in [2.75, 3.05) is 0 Å². The van der Waals surface area contributed by atoms with Crippen molar-refractivity contribution in [3.63, 3.8) is 0 Å². The SMILES string of the molecule is Cc1cncc(C(O)c2cccc(F)c2Cl)c1. The van der Waals surface area contributed by atoms with Gasteiger partial charge in [0, 0.05) is 23.5 Å². The lowest BCUT2D eigenvalue weighted by molar-refractivity contribution is 0.219. The quantitative estimate of drug-likeness (QED) is 0.889. The minimum atomic E-state index is -0.967. The molecule has 2 aromatic rings. The van der Waals surface area contributed by atoms with Crippen molar-refractivity contribution in [3.05, 3.63) is 64.2 Å². The van der Waals surface area contributed by atoms with Crippen LogP contribution in [0.2, 0.25) is 5.02 Å². The standard InChI is InChI=1S/C13H11ClFNO/c1-8-5-9(7-16-6-8)13(17)10-3-2-4-11(15)12(10)14/h2-7,13,17H,1H3. The molecule has 0 spiro atoms. The fraction of sp³-hybridized carbons (Fsp3) is 0.154. The number of aromatic nitrogens is 1. The Morgan fingerprint density at radius 3 is 2.82 bits per heavy atom. The molecule has 17 heavy (non-hydrogen) atoms. The first kappa shape index (κ1) is 12.0. The van der Waals surface area contributed by atoms with Crippen LogP contribution in [-0.4, -0.2) is 10.1 Å². The normalized spacial score (nSPS) is 12.5. The van der Waals surface area contributed by atoms with E-state index in [9.17, 15) is 9.50 Å². The first-order valence-electron chi connectivity index (χ1n) is 5.13. The molecule has 1 aromatic heterocycles. The summed E-state index contributed by atoms with van der Waals surface area (Å²) in [5.41, 5.74) is 1.87. The molecule has 0 aliphatic carbocycles. The van der Waals surface area contributed by atoms with Crippen LogP contribution in [0.1, 0.15) is 22.8 Å². The van der Waals surface area contributed by atoms with Gasteiger partial charge < -0.3 is 5.11 Å². The van der Waals surface area contributed by atoms with Gasteiger partial charge in [0.15, 0.2) is 0 Å². The molecule has 1 heterocycles. The number of benzene rings is 1. The molecule has 1 atom stereocenters. The average Bonchev–Trinajstić information content (AvgIpc) is 2.32. The number of rotatable bonds is 2. The van der Waals surface area contributed by atoms with Crippen LogP contribution in [0.4, 0.5) is 4.39 Å². The van der Waals surface area contributed by atoms with E-state index in [4.69, 9.17) is 11.6 Å². The largest absolute Gasteiger partial charge is 0.384 e. The van der Waals surface area contributed by atoms with Crippen LogP contribution in [0, 0.1) is 12.7 Å². The molecule has 0 amide bonds. The lowest BCUT2D eigenvalue weighted by atomic mass is 10.0. The maximum absolute atomic E-state index is 13.3. The molecule has 0 saturated heterocycles. The highest BCUT2D eigenvalue weighted by Gasteiger charge is 2.16. The predicted molar refractivity (Wildman–Crippen MR) is 64.4 cm³/mol. The lowest BCUT2D eigenvalue weighted by Gasteiger charge is -2.13. The summed E-state index contributed by atoms with van der Waals surface area (Å²) in [5.74, 6) is -0.538. The molecule has 88 valence electrons. The second kappa shape index (κ2) is 4.82. The Hall–Kier alpha value is -1.45. The topological polar surface area (TPSA) is 33.1 Å². The Morgan fingerprint density at radius 1 is 1.35 bits per heavy atom. The van der Waals surface area contributed by atoms with Crippen molar-refractivity contribution in [1.29, 1.82) is 0 Å². The van der Waals surface area contributed by atoms with Crippen LogP contribution >= 0.6 is 11.6 Å². The van der Waals surface area contributed by atoms with Gasteiger partial charge in [0.25, 0.3) is 0 Å². The summed E-state index contributed by atoms with van der Waals surface area (Å²) in [6.07, 6.45) is 2.26. The third kappa shape index (κ3) is 2.46. The lowest BCUT2D eigenvalue weighted by Crippen LogP contribution is -2.02. The monoisotopic (exact) mass is 251 g/mol. The number of hydrogen-bond acceptors (Lipinski definition) is 2. The number of aliphatic hydroxyl groups excluding tert-OH is 1. The highest BCUT2D eigenvalue weighted by atomic mass is 35.5. The number of pyridine rings is 1. The molecular formula is C13H11ClFNO. The van der Waals surface area contributed by atoms with Gasteiger partial charge in [-0.2, -0.15) is 0 Å². The van der Waals surface area contributed by atoms with E-state index in [1.165, 1.54) is 12.1 Å². The van der Waals surface area contributed by atoms with Crippen LogP contribution in [0.5, 0.6) is 0 Å². The highest BCUT2D eigenvalue weighted by molar-refractivity contribution is 6.31. The zero-order valence-corrected chi connectivity index (χ0v) is 9.95. The molecule has 0 bridgehead atoms. The van der Waals surface area contributed by atoms with Crippen molar-refractivity contribution in [2.24, 2.45) is 0 Å². The highest BCUT2D eigenvalue weighted by Crippen LogP contribution is 2.29. The fourth-order valence-corrected chi connectivity index (χ4v) is 1.87. The predicted octanol–water partition coefficient (Wildman–Crippen LogP) is 3.26. The van der Waals surface area contributed by atoms with Gasteiger partial charge in [-0.1, -0.05) is 29.8 Å². The third-order valence-corrected chi connectivity index (χ3v) is 2.89. The summed E-state index contributed by atoms with van der Waals surface area (Å²) in [7, 11) is 0. The molecule has 0 aliphatic rings. The second-order valence-electron chi connectivity index (χ2n) is 3.84. The van der Waals surface area contributed by atoms with E-state index < -0.39 is 11.9 Å². The number of aryl methyl sites for hydroxylation is 1. The van der Waals surface area contributed by atoms with Crippen LogP contribution in [-0.2, 0) is 0 Å². The molecular weight excluding hydrogens is 241 g/mol. The fourth-order valence-electron chi connectivity index (χ4n) is 1.64. The molecule has 0 aliphatic heterocycles. The Bertz CT molecular complexity index is 545. The summed E-state index contributed by atoms with van der Waals surface area (Å²) >= 11 is 5.82. The van der Waals surface area contributed by atoms with E-state index in [1.807, 2.05) is 6.92 Å². The van der Waals surface area contributed by atoms with Gasteiger partial charge in [0.1, 0.15) is 11.9 Å². The molecule has 1 unspecified atom stereocenters. The van der Waals surface area contributed by atoms with E-state index in [0.29, 0.717) is 11.1 Å². The van der Waals surface area contributed by atoms with Gasteiger partial charge in [0.05, 0.1) is 5.02 Å². The third-order valence-electron chi connectivity index (χ3n) is 2.49. The van der Waals surface area contributed by atoms with Gasteiger partial charge in [-0.25, -0.2) is 4.39 Å². The molecule has 2 nitrogen and oxygen atoms in total. The second-order valence-corrected chi connectivity index (χ2v) is 4.22. The Kier molecular flexibility index (Phi) is 3.41. The number of halogens is 2. The van der Waals surface area contributed by atoms with E-state index in [2.05, 4.69) is 4.98 Å². The number of nitrogens with zero attached hydrogens (tertiary/aromatic N) is 1.